The van der Waals surface area contributed by atoms with Gasteiger partial charge in [0.1, 0.15) is 12.3 Å². The maximum atomic E-state index is 5.89. The third kappa shape index (κ3) is 5.15. The van der Waals surface area contributed by atoms with Gasteiger partial charge in [0.05, 0.1) is 0 Å². The van der Waals surface area contributed by atoms with E-state index in [1.807, 2.05) is 24.3 Å². The molecule has 0 bridgehead atoms. The fourth-order valence-corrected chi connectivity index (χ4v) is 3.70. The van der Waals surface area contributed by atoms with Crippen LogP contribution in [0.5, 0.6) is 0 Å². The molecular weight excluding hydrogens is 358 g/mol. The van der Waals surface area contributed by atoms with Crippen molar-refractivity contribution in [1.82, 2.24) is 4.90 Å². The van der Waals surface area contributed by atoms with Gasteiger partial charge >= 0.3 is 0 Å². The number of fused-ring (bicyclic) bond motifs is 1. The molecule has 2 N–H and O–H groups in total. The van der Waals surface area contributed by atoms with Crippen molar-refractivity contribution in [2.75, 3.05) is 18.9 Å². The predicted octanol–water partition coefficient (Wildman–Crippen LogP) is 5.31. The van der Waals surface area contributed by atoms with Gasteiger partial charge in [-0.1, -0.05) is 59.8 Å². The minimum absolute atomic E-state index is 0.470. The van der Waals surface area contributed by atoms with Crippen LogP contribution >= 0.6 is 0 Å². The van der Waals surface area contributed by atoms with Crippen LogP contribution in [0, 0.1) is 0 Å². The van der Waals surface area contributed by atoms with Crippen molar-refractivity contribution in [2.24, 2.45) is 5.16 Å². The molecule has 0 spiro atoms. The Hall–Kier alpha value is -2.85. The predicted molar refractivity (Wildman–Crippen MR) is 123 cm³/mol. The van der Waals surface area contributed by atoms with Crippen molar-refractivity contribution in [3.05, 3.63) is 77.9 Å². The van der Waals surface area contributed by atoms with Crippen LogP contribution in [0.2, 0.25) is 0 Å². The van der Waals surface area contributed by atoms with Crippen LogP contribution in [-0.2, 0) is 4.84 Å². The third-order valence-electron chi connectivity index (χ3n) is 5.15. The van der Waals surface area contributed by atoms with Gasteiger partial charge in [0.25, 0.3) is 0 Å². The number of rotatable bonds is 8. The van der Waals surface area contributed by atoms with E-state index in [9.17, 15) is 0 Å². The Bertz CT molecular complexity index is 948. The molecule has 0 aliphatic rings. The van der Waals surface area contributed by atoms with Gasteiger partial charge in [-0.3, -0.25) is 4.90 Å². The fourth-order valence-electron chi connectivity index (χ4n) is 3.70. The van der Waals surface area contributed by atoms with Gasteiger partial charge < -0.3 is 10.6 Å². The Morgan fingerprint density at radius 2 is 1.55 bits per heavy atom. The Labute approximate surface area is 174 Å². The van der Waals surface area contributed by atoms with Crippen LogP contribution in [0.1, 0.15) is 38.8 Å². The lowest BCUT2D eigenvalue weighted by molar-refractivity contribution is 0.0830. The topological polar surface area (TPSA) is 50.8 Å². The van der Waals surface area contributed by atoms with E-state index in [0.29, 0.717) is 18.7 Å². The van der Waals surface area contributed by atoms with Crippen molar-refractivity contribution in [2.45, 2.75) is 39.8 Å². The second kappa shape index (κ2) is 9.57. The normalized spacial score (nSPS) is 12.3. The van der Waals surface area contributed by atoms with E-state index in [0.717, 1.165) is 34.5 Å². The lowest BCUT2D eigenvalue weighted by atomic mass is 9.96. The summed E-state index contributed by atoms with van der Waals surface area (Å²) in [5, 5.41) is 6.92. The largest absolute Gasteiger partial charge is 0.399 e. The Morgan fingerprint density at radius 3 is 2.24 bits per heavy atom. The van der Waals surface area contributed by atoms with Gasteiger partial charge in [-0.25, -0.2) is 0 Å². The molecule has 0 aliphatic carbocycles. The molecule has 0 saturated heterocycles. The lowest BCUT2D eigenvalue weighted by Crippen LogP contribution is -2.39. The number of benzene rings is 3. The van der Waals surface area contributed by atoms with E-state index in [1.165, 1.54) is 5.39 Å². The van der Waals surface area contributed by atoms with Gasteiger partial charge in [0, 0.05) is 35.4 Å². The van der Waals surface area contributed by atoms with Crippen molar-refractivity contribution in [1.29, 1.82) is 0 Å². The van der Waals surface area contributed by atoms with Gasteiger partial charge in [0.2, 0.25) is 0 Å². The molecule has 0 fully saturated rings. The molecule has 152 valence electrons. The summed E-state index contributed by atoms with van der Waals surface area (Å²) in [7, 11) is 0. The van der Waals surface area contributed by atoms with Gasteiger partial charge in [-0.05, 0) is 50.6 Å². The first kappa shape index (κ1) is 20.9. The number of nitrogen functional groups attached to an aromatic ring is 1. The van der Waals surface area contributed by atoms with Gasteiger partial charge in [-0.15, -0.1) is 0 Å². The van der Waals surface area contributed by atoms with Crippen molar-refractivity contribution >= 4 is 22.2 Å². The lowest BCUT2D eigenvalue weighted by Gasteiger charge is -2.29. The first-order valence-electron chi connectivity index (χ1n) is 10.3. The summed E-state index contributed by atoms with van der Waals surface area (Å²) in [5.41, 5.74) is 9.48. The number of hydrogen-bond donors (Lipinski definition) is 1. The number of nitrogens with zero attached hydrogens (tertiary/aromatic N) is 2. The van der Waals surface area contributed by atoms with Crippen LogP contribution in [0.3, 0.4) is 0 Å². The van der Waals surface area contributed by atoms with E-state index in [4.69, 9.17) is 10.6 Å². The smallest absolute Gasteiger partial charge is 0.129 e. The van der Waals surface area contributed by atoms with Crippen molar-refractivity contribution in [3.63, 3.8) is 0 Å². The molecule has 0 atom stereocenters. The molecule has 0 aliphatic heterocycles. The zero-order chi connectivity index (χ0) is 20.8. The highest BCUT2D eigenvalue weighted by atomic mass is 16.6. The molecule has 0 heterocycles. The molecule has 3 aromatic carbocycles. The highest BCUT2D eigenvalue weighted by molar-refractivity contribution is 6.19. The van der Waals surface area contributed by atoms with E-state index < -0.39 is 0 Å². The second-order valence-corrected chi connectivity index (χ2v) is 7.85. The summed E-state index contributed by atoms with van der Waals surface area (Å²) in [6, 6.07) is 23.3. The van der Waals surface area contributed by atoms with Crippen LogP contribution in [0.15, 0.2) is 71.9 Å². The monoisotopic (exact) mass is 389 g/mol. The summed E-state index contributed by atoms with van der Waals surface area (Å²) in [6.45, 7) is 10.2. The minimum Gasteiger partial charge on any atom is -0.399 e. The molecule has 0 unspecified atom stereocenters. The minimum atomic E-state index is 0.470. The Balaban J connectivity index is 1.92. The number of nitrogens with two attached hydrogens (primary N) is 1. The van der Waals surface area contributed by atoms with E-state index in [2.05, 4.69) is 80.2 Å². The quantitative estimate of drug-likeness (QED) is 0.246. The first-order valence-corrected chi connectivity index (χ1v) is 10.3. The molecule has 0 saturated carbocycles. The molecular formula is C25H31N3O. The molecule has 4 heteroatoms. The van der Waals surface area contributed by atoms with Gasteiger partial charge in [0.15, 0.2) is 0 Å². The highest BCUT2D eigenvalue weighted by Gasteiger charge is 2.14. The summed E-state index contributed by atoms with van der Waals surface area (Å²) in [6.07, 6.45) is 0. The summed E-state index contributed by atoms with van der Waals surface area (Å²) >= 11 is 0. The SMILES string of the molecule is CC(C)N(CCO/N=C(/c1ccc(N)cc1)c1cccc2ccccc12)C(C)C. The Kier molecular flexibility index (Phi) is 6.89. The van der Waals surface area contributed by atoms with Crippen molar-refractivity contribution < 1.29 is 4.84 Å². The highest BCUT2D eigenvalue weighted by Crippen LogP contribution is 2.23. The molecule has 0 radical (unpaired) electrons. The zero-order valence-electron chi connectivity index (χ0n) is 17.8. The van der Waals surface area contributed by atoms with E-state index in [1.54, 1.807) is 0 Å². The van der Waals surface area contributed by atoms with Crippen LogP contribution in [0.4, 0.5) is 5.69 Å². The number of oxime groups is 1. The standard InChI is InChI=1S/C25H31N3O/c1-18(2)28(19(3)4)16-17-29-27-25(21-12-14-22(26)15-13-21)24-11-7-9-20-8-5-6-10-23(20)24/h5-15,18-19H,16-17,26H2,1-4H3/b27-25-. The molecule has 4 nitrogen and oxygen atoms in total. The van der Waals surface area contributed by atoms with Crippen LogP contribution in [-0.4, -0.2) is 35.8 Å². The zero-order valence-corrected chi connectivity index (χ0v) is 17.8. The fraction of sp³-hybridized carbons (Fsp3) is 0.320. The maximum Gasteiger partial charge on any atom is 0.129 e. The average molecular weight is 390 g/mol. The molecule has 3 rings (SSSR count). The van der Waals surface area contributed by atoms with Crippen molar-refractivity contribution in [3.8, 4) is 0 Å². The molecule has 29 heavy (non-hydrogen) atoms. The second-order valence-electron chi connectivity index (χ2n) is 7.85. The van der Waals surface area contributed by atoms with Crippen LogP contribution in [0.25, 0.3) is 10.8 Å². The first-order chi connectivity index (χ1) is 14.0. The molecule has 0 amide bonds. The number of hydrogen-bond acceptors (Lipinski definition) is 4. The average Bonchev–Trinajstić information content (AvgIpc) is 2.71. The van der Waals surface area contributed by atoms with E-state index in [-0.39, 0.29) is 0 Å². The number of anilines is 1. The van der Waals surface area contributed by atoms with Gasteiger partial charge in [-0.2, -0.15) is 0 Å². The van der Waals surface area contributed by atoms with E-state index >= 15 is 0 Å². The summed E-state index contributed by atoms with van der Waals surface area (Å²) in [5.74, 6) is 0. The van der Waals surface area contributed by atoms with Crippen LogP contribution < -0.4 is 5.73 Å². The third-order valence-corrected chi connectivity index (χ3v) is 5.15. The molecule has 0 aromatic heterocycles. The molecule has 3 aromatic rings. The summed E-state index contributed by atoms with van der Waals surface area (Å²) < 4.78 is 0. The summed E-state index contributed by atoms with van der Waals surface area (Å²) in [4.78, 5) is 8.23. The maximum absolute atomic E-state index is 5.89. The Morgan fingerprint density at radius 1 is 0.897 bits per heavy atom.